The van der Waals surface area contributed by atoms with Gasteiger partial charge >= 0.3 is 0 Å². The number of nitrogens with zero attached hydrogens (tertiary/aromatic N) is 3. The van der Waals surface area contributed by atoms with Gasteiger partial charge in [0.1, 0.15) is 5.15 Å². The third-order valence-electron chi connectivity index (χ3n) is 4.74. The van der Waals surface area contributed by atoms with Crippen molar-refractivity contribution in [3.63, 3.8) is 0 Å². The van der Waals surface area contributed by atoms with Gasteiger partial charge in [0.2, 0.25) is 5.91 Å². The van der Waals surface area contributed by atoms with Crippen LogP contribution < -0.4 is 4.90 Å². The van der Waals surface area contributed by atoms with Gasteiger partial charge in [-0.25, -0.2) is 4.98 Å². The van der Waals surface area contributed by atoms with Crippen LogP contribution in [-0.2, 0) is 11.2 Å². The van der Waals surface area contributed by atoms with Crippen LogP contribution in [0, 0.1) is 0 Å². The van der Waals surface area contributed by atoms with Crippen LogP contribution in [0.15, 0.2) is 60.9 Å². The molecule has 0 spiro atoms. The van der Waals surface area contributed by atoms with E-state index < -0.39 is 0 Å². The highest BCUT2D eigenvalue weighted by molar-refractivity contribution is 6.29. The van der Waals surface area contributed by atoms with E-state index in [0.29, 0.717) is 30.0 Å². The smallest absolute Gasteiger partial charge is 0.226 e. The van der Waals surface area contributed by atoms with Crippen molar-refractivity contribution < 1.29 is 9.59 Å². The SMILES string of the molecule is CCC(=O)N(C)c1ccc(-c2ccc(C(=O)CCc3ccc(Cl)nc3)cc2)nc1. The van der Waals surface area contributed by atoms with Gasteiger partial charge < -0.3 is 4.90 Å². The number of halogens is 1. The van der Waals surface area contributed by atoms with Gasteiger partial charge in [0.25, 0.3) is 0 Å². The van der Waals surface area contributed by atoms with Crippen molar-refractivity contribution in [1.82, 2.24) is 9.97 Å². The number of anilines is 1. The van der Waals surface area contributed by atoms with Crippen molar-refractivity contribution in [2.75, 3.05) is 11.9 Å². The molecule has 6 heteroatoms. The number of Topliss-reactive ketones (excluding diaryl/α,β-unsaturated/α-hetero) is 1. The number of carbonyl (C=O) groups is 2. The molecular weight excluding hydrogens is 386 g/mol. The summed E-state index contributed by atoms with van der Waals surface area (Å²) in [7, 11) is 1.74. The van der Waals surface area contributed by atoms with Crippen LogP contribution in [0.1, 0.15) is 35.7 Å². The van der Waals surface area contributed by atoms with Crippen molar-refractivity contribution in [3.05, 3.63) is 77.2 Å². The van der Waals surface area contributed by atoms with Gasteiger partial charge in [0, 0.05) is 37.2 Å². The first-order valence-electron chi connectivity index (χ1n) is 9.44. The van der Waals surface area contributed by atoms with E-state index >= 15 is 0 Å². The minimum absolute atomic E-state index is 0.0387. The summed E-state index contributed by atoms with van der Waals surface area (Å²) in [5.74, 6) is 0.117. The number of aryl methyl sites for hydroxylation is 1. The Labute approximate surface area is 175 Å². The zero-order valence-electron chi connectivity index (χ0n) is 16.4. The molecule has 0 fully saturated rings. The molecule has 3 aromatic rings. The number of hydrogen-bond donors (Lipinski definition) is 0. The summed E-state index contributed by atoms with van der Waals surface area (Å²) in [6.07, 6.45) is 4.86. The summed E-state index contributed by atoms with van der Waals surface area (Å²) in [5.41, 5.74) is 4.11. The molecule has 29 heavy (non-hydrogen) atoms. The molecule has 0 aliphatic heterocycles. The lowest BCUT2D eigenvalue weighted by atomic mass is 10.0. The summed E-state index contributed by atoms with van der Waals surface area (Å²) < 4.78 is 0. The molecule has 2 heterocycles. The fourth-order valence-corrected chi connectivity index (χ4v) is 3.03. The number of pyridine rings is 2. The number of benzene rings is 1. The number of ketones is 1. The standard InChI is InChI=1S/C23H22ClN3O2/c1-3-23(29)27(2)19-10-11-20(25-15-19)17-6-8-18(9-7-17)21(28)12-4-16-5-13-22(24)26-14-16/h5-11,13-15H,3-4,12H2,1-2H3. The number of aromatic nitrogens is 2. The van der Waals surface area contributed by atoms with Crippen molar-refractivity contribution in [2.24, 2.45) is 0 Å². The molecule has 0 N–H and O–H groups in total. The van der Waals surface area contributed by atoms with Gasteiger partial charge in [-0.05, 0) is 30.2 Å². The fraction of sp³-hybridized carbons (Fsp3) is 0.217. The van der Waals surface area contributed by atoms with Gasteiger partial charge in [-0.15, -0.1) is 0 Å². The lowest BCUT2D eigenvalue weighted by Crippen LogP contribution is -2.25. The van der Waals surface area contributed by atoms with Gasteiger partial charge in [0.05, 0.1) is 17.6 Å². The summed E-state index contributed by atoms with van der Waals surface area (Å²) in [6, 6.07) is 14.8. The number of carbonyl (C=O) groups excluding carboxylic acids is 2. The maximum absolute atomic E-state index is 12.4. The second-order valence-corrected chi connectivity index (χ2v) is 7.08. The zero-order chi connectivity index (χ0) is 20.8. The Bertz CT molecular complexity index is 984. The molecule has 1 aromatic carbocycles. The van der Waals surface area contributed by atoms with Crippen molar-refractivity contribution in [2.45, 2.75) is 26.2 Å². The zero-order valence-corrected chi connectivity index (χ0v) is 17.2. The van der Waals surface area contributed by atoms with Crippen molar-refractivity contribution in [1.29, 1.82) is 0 Å². The van der Waals surface area contributed by atoms with E-state index in [1.54, 1.807) is 30.4 Å². The second kappa shape index (κ2) is 9.43. The topological polar surface area (TPSA) is 63.2 Å². The molecular formula is C23H22ClN3O2. The van der Waals surface area contributed by atoms with Crippen LogP contribution >= 0.6 is 11.6 Å². The summed E-state index contributed by atoms with van der Waals surface area (Å²) >= 11 is 5.78. The second-order valence-electron chi connectivity index (χ2n) is 6.70. The van der Waals surface area contributed by atoms with E-state index in [0.717, 1.165) is 22.5 Å². The molecule has 0 bridgehead atoms. The minimum Gasteiger partial charge on any atom is -0.314 e. The molecule has 148 valence electrons. The number of rotatable bonds is 7. The summed E-state index contributed by atoms with van der Waals surface area (Å²) in [6.45, 7) is 1.83. The maximum Gasteiger partial charge on any atom is 0.226 e. The Hall–Kier alpha value is -3.05. The van der Waals surface area contributed by atoms with E-state index in [2.05, 4.69) is 9.97 Å². The van der Waals surface area contributed by atoms with Gasteiger partial charge in [0.15, 0.2) is 5.78 Å². The molecule has 2 aromatic heterocycles. The highest BCUT2D eigenvalue weighted by Gasteiger charge is 2.10. The molecule has 0 radical (unpaired) electrons. The first-order chi connectivity index (χ1) is 14.0. The van der Waals surface area contributed by atoms with E-state index in [1.807, 2.05) is 49.4 Å². The van der Waals surface area contributed by atoms with Crippen LogP contribution in [0.3, 0.4) is 0 Å². The lowest BCUT2D eigenvalue weighted by molar-refractivity contribution is -0.118. The highest BCUT2D eigenvalue weighted by atomic mass is 35.5. The van der Waals surface area contributed by atoms with Crippen LogP contribution in [-0.4, -0.2) is 28.7 Å². The Kier molecular flexibility index (Phi) is 6.73. The maximum atomic E-state index is 12.4. The van der Waals surface area contributed by atoms with Crippen molar-refractivity contribution in [3.8, 4) is 11.3 Å². The number of hydrogen-bond acceptors (Lipinski definition) is 4. The van der Waals surface area contributed by atoms with Gasteiger partial charge in [-0.1, -0.05) is 48.9 Å². The average molecular weight is 408 g/mol. The van der Waals surface area contributed by atoms with Crippen LogP contribution in [0.2, 0.25) is 5.15 Å². The molecule has 0 aliphatic rings. The highest BCUT2D eigenvalue weighted by Crippen LogP contribution is 2.21. The van der Waals surface area contributed by atoms with Gasteiger partial charge in [-0.2, -0.15) is 0 Å². The third-order valence-corrected chi connectivity index (χ3v) is 4.97. The Balaban J connectivity index is 1.64. The van der Waals surface area contributed by atoms with E-state index in [4.69, 9.17) is 11.6 Å². The molecule has 0 saturated heterocycles. The first-order valence-corrected chi connectivity index (χ1v) is 9.82. The Morgan fingerprint density at radius 3 is 2.31 bits per heavy atom. The van der Waals surface area contributed by atoms with Crippen LogP contribution in [0.4, 0.5) is 5.69 Å². The summed E-state index contributed by atoms with van der Waals surface area (Å²) in [4.78, 5) is 34.3. The predicted molar refractivity (Wildman–Crippen MR) is 115 cm³/mol. The normalized spacial score (nSPS) is 10.6. The molecule has 0 unspecified atom stereocenters. The Morgan fingerprint density at radius 2 is 1.72 bits per heavy atom. The third kappa shape index (κ3) is 5.27. The van der Waals surface area contributed by atoms with Gasteiger partial charge in [-0.3, -0.25) is 14.6 Å². The van der Waals surface area contributed by atoms with Crippen LogP contribution in [0.25, 0.3) is 11.3 Å². The first kappa shape index (κ1) is 20.7. The summed E-state index contributed by atoms with van der Waals surface area (Å²) in [5, 5.41) is 0.445. The quantitative estimate of drug-likeness (QED) is 0.409. The minimum atomic E-state index is 0.0387. The predicted octanol–water partition coefficient (Wildman–Crippen LogP) is 4.99. The monoisotopic (exact) mass is 407 g/mol. The van der Waals surface area contributed by atoms with Crippen LogP contribution in [0.5, 0.6) is 0 Å². The van der Waals surface area contributed by atoms with E-state index in [1.165, 1.54) is 0 Å². The fourth-order valence-electron chi connectivity index (χ4n) is 2.92. The number of amides is 1. The largest absolute Gasteiger partial charge is 0.314 e. The molecule has 0 aliphatic carbocycles. The molecule has 5 nitrogen and oxygen atoms in total. The molecule has 3 rings (SSSR count). The van der Waals surface area contributed by atoms with E-state index in [-0.39, 0.29) is 11.7 Å². The van der Waals surface area contributed by atoms with E-state index in [9.17, 15) is 9.59 Å². The molecule has 0 atom stereocenters. The average Bonchev–Trinajstić information content (AvgIpc) is 2.77. The molecule has 0 saturated carbocycles. The van der Waals surface area contributed by atoms with Crippen molar-refractivity contribution >= 4 is 29.0 Å². The Morgan fingerprint density at radius 1 is 0.966 bits per heavy atom. The lowest BCUT2D eigenvalue weighted by Gasteiger charge is -2.16. The molecule has 1 amide bonds.